The zero-order valence-corrected chi connectivity index (χ0v) is 8.90. The average Bonchev–Trinajstić information content (AvgIpc) is 2.32. The Labute approximate surface area is 81.9 Å². The van der Waals surface area contributed by atoms with Gasteiger partial charge in [-0.05, 0) is 26.2 Å². The molecule has 1 aliphatic heterocycles. The second-order valence-corrected chi connectivity index (χ2v) is 3.82. The summed E-state index contributed by atoms with van der Waals surface area (Å²) in [7, 11) is 0. The zero-order chi connectivity index (χ0) is 9.52. The lowest BCUT2D eigenvalue weighted by Crippen LogP contribution is -2.11. The third-order valence-electron chi connectivity index (χ3n) is 2.50. The highest BCUT2D eigenvalue weighted by Gasteiger charge is 1.99. The maximum absolute atomic E-state index is 3.46. The maximum atomic E-state index is 3.46. The summed E-state index contributed by atoms with van der Waals surface area (Å²) in [6, 6.07) is 0. The Morgan fingerprint density at radius 3 is 2.92 bits per heavy atom. The van der Waals surface area contributed by atoms with E-state index < -0.39 is 0 Å². The highest BCUT2D eigenvalue weighted by molar-refractivity contribution is 5.14. The van der Waals surface area contributed by atoms with Crippen LogP contribution in [0.15, 0.2) is 23.4 Å². The van der Waals surface area contributed by atoms with Gasteiger partial charge < -0.3 is 5.32 Å². The van der Waals surface area contributed by atoms with E-state index in [4.69, 9.17) is 0 Å². The molecule has 13 heavy (non-hydrogen) atoms. The summed E-state index contributed by atoms with van der Waals surface area (Å²) in [6.07, 6.45) is 11.0. The summed E-state index contributed by atoms with van der Waals surface area (Å²) in [4.78, 5) is 0. The van der Waals surface area contributed by atoms with Crippen LogP contribution < -0.4 is 5.32 Å². The van der Waals surface area contributed by atoms with Gasteiger partial charge in [0.1, 0.15) is 0 Å². The molecule has 0 aliphatic carbocycles. The van der Waals surface area contributed by atoms with Crippen LogP contribution in [-0.4, -0.2) is 6.54 Å². The van der Waals surface area contributed by atoms with Crippen molar-refractivity contribution in [1.82, 2.24) is 5.32 Å². The molecule has 0 aromatic carbocycles. The van der Waals surface area contributed by atoms with Crippen LogP contribution in [0.4, 0.5) is 0 Å². The molecule has 1 aliphatic rings. The van der Waals surface area contributed by atoms with Gasteiger partial charge in [0.2, 0.25) is 0 Å². The first kappa shape index (κ1) is 10.4. The molecular weight excluding hydrogens is 158 g/mol. The van der Waals surface area contributed by atoms with Crippen molar-refractivity contribution in [2.75, 3.05) is 6.54 Å². The molecule has 1 heterocycles. The van der Waals surface area contributed by atoms with Gasteiger partial charge in [-0.15, -0.1) is 0 Å². The van der Waals surface area contributed by atoms with Gasteiger partial charge in [0.25, 0.3) is 0 Å². The summed E-state index contributed by atoms with van der Waals surface area (Å²) in [5, 5.41) is 3.46. The van der Waals surface area contributed by atoms with Crippen LogP contribution in [0.2, 0.25) is 0 Å². The summed E-state index contributed by atoms with van der Waals surface area (Å²) >= 11 is 0. The monoisotopic (exact) mass is 179 g/mol. The van der Waals surface area contributed by atoms with Crippen molar-refractivity contribution in [2.24, 2.45) is 0 Å². The topological polar surface area (TPSA) is 12.0 Å². The summed E-state index contributed by atoms with van der Waals surface area (Å²) in [5.41, 5.74) is 2.93. The molecule has 1 N–H and O–H groups in total. The smallest absolute Gasteiger partial charge is 0.0330 e. The minimum atomic E-state index is 1.02. The van der Waals surface area contributed by atoms with E-state index in [1.165, 1.54) is 37.0 Å². The Morgan fingerprint density at radius 2 is 2.15 bits per heavy atom. The SMILES string of the molecule is CCCCCC1=CCC(C)=CCN1. The van der Waals surface area contributed by atoms with E-state index in [-0.39, 0.29) is 0 Å². The molecule has 0 saturated carbocycles. The fourth-order valence-corrected chi connectivity index (χ4v) is 1.55. The number of rotatable bonds is 4. The van der Waals surface area contributed by atoms with Crippen LogP contribution in [0.25, 0.3) is 0 Å². The van der Waals surface area contributed by atoms with E-state index in [0.717, 1.165) is 13.0 Å². The molecule has 0 spiro atoms. The molecule has 0 aromatic heterocycles. The minimum absolute atomic E-state index is 1.02. The summed E-state index contributed by atoms with van der Waals surface area (Å²) in [6.45, 7) is 5.47. The summed E-state index contributed by atoms with van der Waals surface area (Å²) < 4.78 is 0. The van der Waals surface area contributed by atoms with Gasteiger partial charge in [0.15, 0.2) is 0 Å². The third kappa shape index (κ3) is 4.16. The summed E-state index contributed by atoms with van der Waals surface area (Å²) in [5.74, 6) is 0. The van der Waals surface area contributed by atoms with Crippen molar-refractivity contribution in [3.63, 3.8) is 0 Å². The quantitative estimate of drug-likeness (QED) is 0.515. The molecule has 0 fully saturated rings. The number of unbranched alkanes of at least 4 members (excludes halogenated alkanes) is 2. The van der Waals surface area contributed by atoms with Crippen molar-refractivity contribution in [3.05, 3.63) is 23.4 Å². The highest BCUT2D eigenvalue weighted by Crippen LogP contribution is 2.12. The standard InChI is InChI=1S/C12H21N/c1-3-4-5-6-12-8-7-11(2)9-10-13-12/h8-9,13H,3-7,10H2,1-2H3. The van der Waals surface area contributed by atoms with E-state index in [1.807, 2.05) is 0 Å². The highest BCUT2D eigenvalue weighted by atomic mass is 14.9. The van der Waals surface area contributed by atoms with E-state index >= 15 is 0 Å². The first-order valence-electron chi connectivity index (χ1n) is 5.41. The molecule has 0 unspecified atom stereocenters. The lowest BCUT2D eigenvalue weighted by molar-refractivity contribution is 0.681. The lowest BCUT2D eigenvalue weighted by Gasteiger charge is -2.06. The van der Waals surface area contributed by atoms with E-state index in [0.29, 0.717) is 0 Å². The molecule has 0 aromatic rings. The molecule has 1 nitrogen and oxygen atoms in total. The molecule has 74 valence electrons. The maximum Gasteiger partial charge on any atom is 0.0330 e. The van der Waals surface area contributed by atoms with Crippen LogP contribution in [-0.2, 0) is 0 Å². The first-order valence-corrected chi connectivity index (χ1v) is 5.41. The van der Waals surface area contributed by atoms with E-state index in [9.17, 15) is 0 Å². The van der Waals surface area contributed by atoms with Crippen LogP contribution in [0.1, 0.15) is 46.0 Å². The fourth-order valence-electron chi connectivity index (χ4n) is 1.55. The van der Waals surface area contributed by atoms with Crippen molar-refractivity contribution in [1.29, 1.82) is 0 Å². The number of allylic oxidation sites excluding steroid dienone is 3. The van der Waals surface area contributed by atoms with Crippen LogP contribution in [0.5, 0.6) is 0 Å². The van der Waals surface area contributed by atoms with Gasteiger partial charge in [-0.25, -0.2) is 0 Å². The van der Waals surface area contributed by atoms with Gasteiger partial charge in [-0.1, -0.05) is 37.5 Å². The lowest BCUT2D eigenvalue weighted by atomic mass is 10.1. The predicted molar refractivity (Wildman–Crippen MR) is 58.6 cm³/mol. The normalized spacial score (nSPS) is 17.1. The molecular formula is C12H21N. The second-order valence-electron chi connectivity index (χ2n) is 3.82. The van der Waals surface area contributed by atoms with Crippen LogP contribution in [0, 0.1) is 0 Å². The number of nitrogens with one attached hydrogen (secondary N) is 1. The molecule has 0 radical (unpaired) electrons. The Bertz CT molecular complexity index is 201. The van der Waals surface area contributed by atoms with E-state index in [2.05, 4.69) is 31.3 Å². The molecule has 0 saturated heterocycles. The number of hydrogen-bond donors (Lipinski definition) is 1. The molecule has 1 rings (SSSR count). The van der Waals surface area contributed by atoms with Crippen molar-refractivity contribution < 1.29 is 0 Å². The van der Waals surface area contributed by atoms with Gasteiger partial charge in [0.05, 0.1) is 0 Å². The third-order valence-corrected chi connectivity index (χ3v) is 2.50. The number of hydrogen-bond acceptors (Lipinski definition) is 1. The van der Waals surface area contributed by atoms with Crippen molar-refractivity contribution in [3.8, 4) is 0 Å². The van der Waals surface area contributed by atoms with Crippen LogP contribution in [0.3, 0.4) is 0 Å². The molecule has 0 atom stereocenters. The van der Waals surface area contributed by atoms with Crippen molar-refractivity contribution >= 4 is 0 Å². The Hall–Kier alpha value is -0.720. The van der Waals surface area contributed by atoms with Gasteiger partial charge in [0, 0.05) is 12.2 Å². The van der Waals surface area contributed by atoms with Gasteiger partial charge in [-0.3, -0.25) is 0 Å². The Balaban J connectivity index is 2.27. The predicted octanol–water partition coefficient (Wildman–Crippen LogP) is 3.39. The fraction of sp³-hybridized carbons (Fsp3) is 0.667. The zero-order valence-electron chi connectivity index (χ0n) is 8.90. The largest absolute Gasteiger partial charge is 0.385 e. The first-order chi connectivity index (χ1) is 6.33. The molecule has 0 bridgehead atoms. The van der Waals surface area contributed by atoms with Crippen molar-refractivity contribution in [2.45, 2.75) is 46.0 Å². The van der Waals surface area contributed by atoms with Gasteiger partial charge in [-0.2, -0.15) is 0 Å². The van der Waals surface area contributed by atoms with Crippen LogP contribution >= 0.6 is 0 Å². The minimum Gasteiger partial charge on any atom is -0.385 e. The molecule has 1 heteroatoms. The van der Waals surface area contributed by atoms with Gasteiger partial charge >= 0.3 is 0 Å². The Morgan fingerprint density at radius 1 is 1.31 bits per heavy atom. The molecule has 0 amide bonds. The second kappa shape index (κ2) is 5.85. The van der Waals surface area contributed by atoms with E-state index in [1.54, 1.807) is 0 Å². The average molecular weight is 179 g/mol. The Kier molecular flexibility index (Phi) is 4.66.